The second-order valence-electron chi connectivity index (χ2n) is 6.93. The van der Waals surface area contributed by atoms with Crippen molar-refractivity contribution in [2.75, 3.05) is 0 Å². The van der Waals surface area contributed by atoms with E-state index in [0.717, 1.165) is 44.9 Å². The number of nitrogens with zero attached hydrogens (tertiary/aromatic N) is 2. The van der Waals surface area contributed by atoms with Crippen LogP contribution in [0.2, 0.25) is 0 Å². The highest BCUT2D eigenvalue weighted by Crippen LogP contribution is 2.34. The number of amides is 1. The summed E-state index contributed by atoms with van der Waals surface area (Å²) in [7, 11) is 1.97. The number of fused-ring (bicyclic) bond motifs is 1. The third kappa shape index (κ3) is 2.71. The molecule has 5 heteroatoms. The van der Waals surface area contributed by atoms with Crippen LogP contribution in [0.25, 0.3) is 0 Å². The van der Waals surface area contributed by atoms with E-state index >= 15 is 0 Å². The lowest BCUT2D eigenvalue weighted by molar-refractivity contribution is -0.129. The number of carbonyl (C=O) groups is 1. The second-order valence-corrected chi connectivity index (χ2v) is 6.93. The molecule has 0 radical (unpaired) electrons. The van der Waals surface area contributed by atoms with Crippen LogP contribution in [0, 0.1) is 5.92 Å². The van der Waals surface area contributed by atoms with Crippen LogP contribution in [0.3, 0.4) is 0 Å². The summed E-state index contributed by atoms with van der Waals surface area (Å²) in [6.45, 7) is 2.02. The Hall–Kier alpha value is -1.36. The van der Waals surface area contributed by atoms with Gasteiger partial charge in [-0.1, -0.05) is 12.8 Å². The second kappa shape index (κ2) is 5.44. The molecule has 3 N–H and O–H groups in total. The number of nitrogens with one attached hydrogen (secondary N) is 1. The molecule has 0 bridgehead atoms. The monoisotopic (exact) mass is 290 g/mol. The number of aryl methyl sites for hydroxylation is 1. The Kier molecular flexibility index (Phi) is 3.78. The maximum absolute atomic E-state index is 12.7. The van der Waals surface area contributed by atoms with Gasteiger partial charge in [0, 0.05) is 23.8 Å². The van der Waals surface area contributed by atoms with Crippen molar-refractivity contribution >= 4 is 5.91 Å². The molecule has 5 nitrogen and oxygen atoms in total. The first-order valence-corrected chi connectivity index (χ1v) is 8.09. The normalized spacial score (nSPS) is 32.5. The number of rotatable bonds is 2. The molecule has 1 amide bonds. The summed E-state index contributed by atoms with van der Waals surface area (Å²) in [4.78, 5) is 12.7. The fraction of sp³-hybridized carbons (Fsp3) is 0.750. The number of hydrogen-bond donors (Lipinski definition) is 2. The van der Waals surface area contributed by atoms with Crippen LogP contribution in [0.1, 0.15) is 62.7 Å². The zero-order valence-electron chi connectivity index (χ0n) is 13.1. The summed E-state index contributed by atoms with van der Waals surface area (Å²) in [5.74, 6) is 0.0645. The van der Waals surface area contributed by atoms with Gasteiger partial charge in [0.2, 0.25) is 5.91 Å². The average molecular weight is 290 g/mol. The molecule has 0 aliphatic heterocycles. The Labute approximate surface area is 126 Å². The molecule has 1 fully saturated rings. The van der Waals surface area contributed by atoms with E-state index in [1.165, 1.54) is 11.3 Å². The van der Waals surface area contributed by atoms with Crippen LogP contribution < -0.4 is 11.1 Å². The molecule has 0 aromatic carbocycles. The quantitative estimate of drug-likeness (QED) is 0.872. The minimum atomic E-state index is -0.366. The van der Waals surface area contributed by atoms with Crippen molar-refractivity contribution in [2.24, 2.45) is 18.7 Å². The van der Waals surface area contributed by atoms with Crippen LogP contribution in [-0.2, 0) is 18.3 Å². The Bertz CT molecular complexity index is 534. The zero-order valence-corrected chi connectivity index (χ0v) is 13.1. The fourth-order valence-electron chi connectivity index (χ4n) is 3.92. The highest BCUT2D eigenvalue weighted by Gasteiger charge is 2.39. The molecule has 0 spiro atoms. The first-order chi connectivity index (χ1) is 9.99. The van der Waals surface area contributed by atoms with Crippen molar-refractivity contribution in [1.82, 2.24) is 15.1 Å². The van der Waals surface area contributed by atoms with Crippen LogP contribution >= 0.6 is 0 Å². The van der Waals surface area contributed by atoms with E-state index in [4.69, 9.17) is 5.73 Å². The molecule has 1 aromatic rings. The van der Waals surface area contributed by atoms with Gasteiger partial charge in [0.25, 0.3) is 0 Å². The summed E-state index contributed by atoms with van der Waals surface area (Å²) < 4.78 is 1.93. The van der Waals surface area contributed by atoms with Gasteiger partial charge in [0.05, 0.1) is 18.2 Å². The van der Waals surface area contributed by atoms with Crippen molar-refractivity contribution in [3.63, 3.8) is 0 Å². The summed E-state index contributed by atoms with van der Waals surface area (Å²) in [6, 6.07) is 0.104. The number of nitrogens with two attached hydrogens (primary N) is 1. The SMILES string of the molecule is Cn1ncc2c1CCCC2NC(=O)C1CCCCC1(C)N. The smallest absolute Gasteiger partial charge is 0.225 e. The van der Waals surface area contributed by atoms with Gasteiger partial charge in [-0.05, 0) is 39.0 Å². The van der Waals surface area contributed by atoms with E-state index in [1.807, 2.05) is 24.9 Å². The highest BCUT2D eigenvalue weighted by molar-refractivity contribution is 5.80. The first kappa shape index (κ1) is 14.6. The Morgan fingerprint density at radius 2 is 2.24 bits per heavy atom. The molecular weight excluding hydrogens is 264 g/mol. The van der Waals surface area contributed by atoms with Crippen LogP contribution in [0.5, 0.6) is 0 Å². The summed E-state index contributed by atoms with van der Waals surface area (Å²) >= 11 is 0. The summed E-state index contributed by atoms with van der Waals surface area (Å²) in [6.07, 6.45) is 9.14. The Morgan fingerprint density at radius 3 is 3.00 bits per heavy atom. The maximum atomic E-state index is 12.7. The van der Waals surface area contributed by atoms with Gasteiger partial charge >= 0.3 is 0 Å². The lowest BCUT2D eigenvalue weighted by atomic mass is 9.74. The van der Waals surface area contributed by atoms with Crippen LogP contribution in [0.15, 0.2) is 6.20 Å². The molecule has 2 aliphatic rings. The predicted molar refractivity (Wildman–Crippen MR) is 81.6 cm³/mol. The van der Waals surface area contributed by atoms with Crippen molar-refractivity contribution in [2.45, 2.75) is 63.5 Å². The van der Waals surface area contributed by atoms with Gasteiger partial charge in [0.15, 0.2) is 0 Å². The van der Waals surface area contributed by atoms with E-state index in [-0.39, 0.29) is 23.4 Å². The van der Waals surface area contributed by atoms with Crippen molar-refractivity contribution in [1.29, 1.82) is 0 Å². The molecule has 1 aromatic heterocycles. The lowest BCUT2D eigenvalue weighted by Gasteiger charge is -2.38. The number of aromatic nitrogens is 2. The molecule has 0 saturated heterocycles. The first-order valence-electron chi connectivity index (χ1n) is 8.09. The van der Waals surface area contributed by atoms with Crippen molar-refractivity contribution < 1.29 is 4.79 Å². The van der Waals surface area contributed by atoms with Crippen LogP contribution in [-0.4, -0.2) is 21.2 Å². The number of carbonyl (C=O) groups excluding carboxylic acids is 1. The van der Waals surface area contributed by atoms with Gasteiger partial charge in [-0.3, -0.25) is 9.48 Å². The van der Waals surface area contributed by atoms with Crippen LogP contribution in [0.4, 0.5) is 0 Å². The van der Waals surface area contributed by atoms with E-state index in [0.29, 0.717) is 0 Å². The van der Waals surface area contributed by atoms with Gasteiger partial charge in [0.1, 0.15) is 0 Å². The van der Waals surface area contributed by atoms with Gasteiger partial charge in [-0.15, -0.1) is 0 Å². The molecule has 3 rings (SSSR count). The standard InChI is InChI=1S/C16H26N4O/c1-16(17)9-4-3-6-12(16)15(21)19-13-7-5-8-14-11(13)10-18-20(14)2/h10,12-13H,3-9,17H2,1-2H3,(H,19,21). The molecule has 1 heterocycles. The van der Waals surface area contributed by atoms with E-state index in [2.05, 4.69) is 10.4 Å². The number of hydrogen-bond acceptors (Lipinski definition) is 3. The van der Waals surface area contributed by atoms with Crippen molar-refractivity contribution in [3.05, 3.63) is 17.5 Å². The molecule has 116 valence electrons. The zero-order chi connectivity index (χ0) is 15.0. The molecule has 3 unspecified atom stereocenters. The highest BCUT2D eigenvalue weighted by atomic mass is 16.2. The minimum Gasteiger partial charge on any atom is -0.349 e. The molecule has 21 heavy (non-hydrogen) atoms. The van der Waals surface area contributed by atoms with Gasteiger partial charge < -0.3 is 11.1 Å². The molecule has 1 saturated carbocycles. The minimum absolute atomic E-state index is 0.0618. The fourth-order valence-corrected chi connectivity index (χ4v) is 3.92. The summed E-state index contributed by atoms with van der Waals surface area (Å²) in [5.41, 5.74) is 8.43. The van der Waals surface area contributed by atoms with Crippen molar-refractivity contribution in [3.8, 4) is 0 Å². The topological polar surface area (TPSA) is 72.9 Å². The maximum Gasteiger partial charge on any atom is 0.225 e. The van der Waals surface area contributed by atoms with Gasteiger partial charge in [-0.2, -0.15) is 5.10 Å². The third-order valence-corrected chi connectivity index (χ3v) is 5.26. The largest absolute Gasteiger partial charge is 0.349 e. The summed E-state index contributed by atoms with van der Waals surface area (Å²) in [5, 5.41) is 7.58. The third-order valence-electron chi connectivity index (χ3n) is 5.26. The Morgan fingerprint density at radius 1 is 1.43 bits per heavy atom. The lowest BCUT2D eigenvalue weighted by Crippen LogP contribution is -2.53. The van der Waals surface area contributed by atoms with E-state index in [9.17, 15) is 4.79 Å². The average Bonchev–Trinajstić information content (AvgIpc) is 2.81. The molecule has 3 atom stereocenters. The van der Waals surface area contributed by atoms with E-state index in [1.54, 1.807) is 0 Å². The van der Waals surface area contributed by atoms with Gasteiger partial charge in [-0.25, -0.2) is 0 Å². The molecular formula is C16H26N4O. The predicted octanol–water partition coefficient (Wildman–Crippen LogP) is 1.82. The van der Waals surface area contributed by atoms with E-state index < -0.39 is 0 Å². The Balaban J connectivity index is 1.74. The molecule has 2 aliphatic carbocycles.